The number of aliphatic hydroxyl groups excluding tert-OH is 1. The van der Waals surface area contributed by atoms with Crippen molar-refractivity contribution in [1.29, 1.82) is 0 Å². The third-order valence-electron chi connectivity index (χ3n) is 10.0. The molecule has 9 nitrogen and oxygen atoms in total. The molecule has 280 valence electrons. The molecular weight excluding hydrogens is 677 g/mol. The molecule has 1 aliphatic rings. The summed E-state index contributed by atoms with van der Waals surface area (Å²) in [6.45, 7) is 3.34. The molecule has 1 fully saturated rings. The van der Waals surface area contributed by atoms with Gasteiger partial charge in [0.25, 0.3) is 0 Å². The van der Waals surface area contributed by atoms with E-state index in [1.54, 1.807) is 12.1 Å². The average Bonchev–Trinajstić information content (AvgIpc) is 3.21. The molecule has 5 aromatic rings. The van der Waals surface area contributed by atoms with Gasteiger partial charge >= 0.3 is 0 Å². The number of carbonyl (C=O) groups is 2. The van der Waals surface area contributed by atoms with Gasteiger partial charge in [-0.3, -0.25) is 14.5 Å². The third-order valence-corrected chi connectivity index (χ3v) is 10.0. The predicted octanol–water partition coefficient (Wildman–Crippen LogP) is 8.09. The molecule has 54 heavy (non-hydrogen) atoms. The molecule has 0 bridgehead atoms. The number of benzene rings is 5. The van der Waals surface area contributed by atoms with Crippen molar-refractivity contribution in [2.75, 3.05) is 24.6 Å². The number of nitrogen functional groups attached to an aromatic ring is 1. The minimum atomic E-state index is -0.551. The number of para-hydroxylation sites is 2. The van der Waals surface area contributed by atoms with Crippen LogP contribution < -0.4 is 16.4 Å². The number of likely N-dealkylation sites (N-methyl/N-ethyl adjacent to an activating group) is 1. The maximum Gasteiger partial charge on any atom is 0.224 e. The summed E-state index contributed by atoms with van der Waals surface area (Å²) in [6.07, 6.45) is 0.840. The SMILES string of the molecule is CC(c1ccccc1)N(C)CC1CC(c2ccc(CO)cc2)OC(c2ccc(-c3cccc(CNC(=O)CCCC(=O)Nc4ccccc4N)c3)cc2)O1. The molecule has 0 saturated carbocycles. The molecule has 4 atom stereocenters. The molecule has 0 radical (unpaired) electrons. The molecular formula is C45H50N4O5. The lowest BCUT2D eigenvalue weighted by atomic mass is 9.98. The van der Waals surface area contributed by atoms with Crippen LogP contribution >= 0.6 is 0 Å². The Labute approximate surface area is 318 Å². The van der Waals surface area contributed by atoms with E-state index in [2.05, 4.69) is 90.2 Å². The lowest BCUT2D eigenvalue weighted by molar-refractivity contribution is -0.253. The molecule has 0 aromatic heterocycles. The zero-order chi connectivity index (χ0) is 37.9. The van der Waals surface area contributed by atoms with Gasteiger partial charge in [-0.2, -0.15) is 0 Å². The summed E-state index contributed by atoms with van der Waals surface area (Å²) in [5.74, 6) is -0.277. The van der Waals surface area contributed by atoms with Gasteiger partial charge in [-0.1, -0.05) is 109 Å². The number of amides is 2. The Morgan fingerprint density at radius 2 is 1.50 bits per heavy atom. The van der Waals surface area contributed by atoms with E-state index in [9.17, 15) is 14.7 Å². The Balaban J connectivity index is 1.06. The van der Waals surface area contributed by atoms with Gasteiger partial charge in [0, 0.05) is 44.0 Å². The number of hydrogen-bond donors (Lipinski definition) is 4. The van der Waals surface area contributed by atoms with Gasteiger partial charge in [0.2, 0.25) is 11.8 Å². The van der Waals surface area contributed by atoms with Crippen LogP contribution in [-0.4, -0.2) is 41.5 Å². The van der Waals surface area contributed by atoms with E-state index >= 15 is 0 Å². The Hall–Kier alpha value is -5.32. The van der Waals surface area contributed by atoms with Crippen molar-refractivity contribution in [2.45, 2.75) is 70.3 Å². The van der Waals surface area contributed by atoms with Crippen LogP contribution in [0.5, 0.6) is 0 Å². The van der Waals surface area contributed by atoms with Gasteiger partial charge in [-0.05, 0) is 72.0 Å². The fraction of sp³-hybridized carbons (Fsp3) is 0.289. The molecule has 2 amide bonds. The van der Waals surface area contributed by atoms with Crippen molar-refractivity contribution < 1.29 is 24.2 Å². The number of carbonyl (C=O) groups excluding carboxylic acids is 2. The van der Waals surface area contributed by atoms with Crippen LogP contribution in [0.1, 0.15) is 78.9 Å². The second-order valence-corrected chi connectivity index (χ2v) is 14.0. The molecule has 6 rings (SSSR count). The van der Waals surface area contributed by atoms with Crippen LogP contribution in [0.15, 0.2) is 127 Å². The second-order valence-electron chi connectivity index (χ2n) is 14.0. The van der Waals surface area contributed by atoms with Crippen LogP contribution in [0.4, 0.5) is 11.4 Å². The largest absolute Gasteiger partial charge is 0.397 e. The van der Waals surface area contributed by atoms with Gasteiger partial charge in [-0.15, -0.1) is 0 Å². The Kier molecular flexibility index (Phi) is 13.2. The summed E-state index contributed by atoms with van der Waals surface area (Å²) < 4.78 is 13.3. The summed E-state index contributed by atoms with van der Waals surface area (Å²) >= 11 is 0. The maximum atomic E-state index is 12.6. The molecule has 1 heterocycles. The Morgan fingerprint density at radius 1 is 0.796 bits per heavy atom. The summed E-state index contributed by atoms with van der Waals surface area (Å²) in [5, 5.41) is 15.4. The first-order valence-electron chi connectivity index (χ1n) is 18.6. The first kappa shape index (κ1) is 38.4. The lowest BCUT2D eigenvalue weighted by Gasteiger charge is -2.39. The summed E-state index contributed by atoms with van der Waals surface area (Å²) in [4.78, 5) is 27.2. The highest BCUT2D eigenvalue weighted by molar-refractivity contribution is 5.94. The lowest BCUT2D eigenvalue weighted by Crippen LogP contribution is -2.38. The van der Waals surface area contributed by atoms with Crippen LogP contribution in [0.3, 0.4) is 0 Å². The van der Waals surface area contributed by atoms with E-state index in [0.29, 0.717) is 30.8 Å². The van der Waals surface area contributed by atoms with Crippen molar-refractivity contribution >= 4 is 23.2 Å². The third kappa shape index (κ3) is 10.4. The summed E-state index contributed by atoms with van der Waals surface area (Å²) in [6, 6.07) is 42.2. The number of ether oxygens (including phenoxy) is 2. The first-order valence-corrected chi connectivity index (χ1v) is 18.6. The number of hydrogen-bond acceptors (Lipinski definition) is 7. The number of nitrogens with one attached hydrogen (secondary N) is 2. The van der Waals surface area contributed by atoms with E-state index in [-0.39, 0.29) is 49.5 Å². The van der Waals surface area contributed by atoms with Gasteiger partial charge < -0.3 is 30.9 Å². The average molecular weight is 727 g/mol. The van der Waals surface area contributed by atoms with E-state index in [1.165, 1.54) is 5.56 Å². The van der Waals surface area contributed by atoms with E-state index in [1.807, 2.05) is 54.6 Å². The number of rotatable bonds is 15. The topological polar surface area (TPSA) is 126 Å². The fourth-order valence-corrected chi connectivity index (χ4v) is 6.71. The van der Waals surface area contributed by atoms with E-state index in [4.69, 9.17) is 15.2 Å². The highest BCUT2D eigenvalue weighted by Gasteiger charge is 2.33. The van der Waals surface area contributed by atoms with Gasteiger partial charge in [0.05, 0.1) is 30.2 Å². The summed E-state index contributed by atoms with van der Waals surface area (Å²) in [7, 11) is 2.14. The van der Waals surface area contributed by atoms with Gasteiger partial charge in [-0.25, -0.2) is 0 Å². The quantitative estimate of drug-likeness (QED) is 0.0804. The highest BCUT2D eigenvalue weighted by Crippen LogP contribution is 2.39. The highest BCUT2D eigenvalue weighted by atomic mass is 16.7. The van der Waals surface area contributed by atoms with Gasteiger partial charge in [0.15, 0.2) is 6.29 Å². The van der Waals surface area contributed by atoms with E-state index < -0.39 is 6.29 Å². The van der Waals surface area contributed by atoms with Crippen molar-refractivity contribution in [1.82, 2.24) is 10.2 Å². The van der Waals surface area contributed by atoms with Crippen LogP contribution in [-0.2, 0) is 32.2 Å². The summed E-state index contributed by atoms with van der Waals surface area (Å²) in [5.41, 5.74) is 14.2. The van der Waals surface area contributed by atoms with Crippen LogP contribution in [0.2, 0.25) is 0 Å². The standard InChI is InChI=1S/C45H50N4O5/c1-31(34-11-4-3-5-12-34)49(2)29-39-27-42(36-20-18-32(30-50)19-21-36)54-45(53-39)37-24-22-35(23-25-37)38-13-8-10-33(26-38)28-47-43(51)16-9-17-44(52)48-41-15-7-6-14-40(41)46/h3-8,10-15,18-26,31,39,42,45,50H,9,16-17,27-30,46H2,1-2H3,(H,47,51)(H,48,52). The Bertz CT molecular complexity index is 1970. The van der Waals surface area contributed by atoms with Crippen LogP contribution in [0.25, 0.3) is 11.1 Å². The van der Waals surface area contributed by atoms with Crippen molar-refractivity contribution in [3.8, 4) is 11.1 Å². The molecule has 0 aliphatic carbocycles. The van der Waals surface area contributed by atoms with Crippen molar-refractivity contribution in [3.63, 3.8) is 0 Å². The smallest absolute Gasteiger partial charge is 0.224 e. The monoisotopic (exact) mass is 726 g/mol. The molecule has 1 aliphatic heterocycles. The van der Waals surface area contributed by atoms with Gasteiger partial charge in [0.1, 0.15) is 0 Å². The van der Waals surface area contributed by atoms with Crippen LogP contribution in [0, 0.1) is 0 Å². The number of aliphatic hydroxyl groups is 1. The first-order chi connectivity index (χ1) is 26.2. The van der Waals surface area contributed by atoms with E-state index in [0.717, 1.165) is 39.9 Å². The van der Waals surface area contributed by atoms with Crippen molar-refractivity contribution in [2.24, 2.45) is 0 Å². The molecule has 1 saturated heterocycles. The number of nitrogens with two attached hydrogens (primary N) is 1. The fourth-order valence-electron chi connectivity index (χ4n) is 6.71. The zero-order valence-electron chi connectivity index (χ0n) is 31.0. The Morgan fingerprint density at radius 3 is 2.24 bits per heavy atom. The maximum absolute atomic E-state index is 12.6. The molecule has 9 heteroatoms. The normalized spacial score (nSPS) is 17.5. The zero-order valence-corrected chi connectivity index (χ0v) is 31.0. The second kappa shape index (κ2) is 18.6. The molecule has 5 N–H and O–H groups in total. The minimum Gasteiger partial charge on any atom is -0.397 e. The molecule has 4 unspecified atom stereocenters. The minimum absolute atomic E-state index is 0.000215. The molecule has 5 aromatic carbocycles. The number of nitrogens with zero attached hydrogens (tertiary/aromatic N) is 1. The predicted molar refractivity (Wildman–Crippen MR) is 213 cm³/mol. The van der Waals surface area contributed by atoms with Crippen molar-refractivity contribution in [3.05, 3.63) is 155 Å². The molecule has 0 spiro atoms. The number of anilines is 2.